The summed E-state index contributed by atoms with van der Waals surface area (Å²) in [6.07, 6.45) is 7.67. The molecule has 1 saturated carbocycles. The quantitative estimate of drug-likeness (QED) is 0.756. The maximum Gasteiger partial charge on any atom is 0.249 e. The van der Waals surface area contributed by atoms with Crippen molar-refractivity contribution in [2.24, 2.45) is 5.92 Å². The molecular weight excluding hydrogens is 256 g/mol. The average molecular weight is 278 g/mol. The molecule has 0 spiro atoms. The third-order valence-corrected chi connectivity index (χ3v) is 4.08. The summed E-state index contributed by atoms with van der Waals surface area (Å²) in [5.74, 6) is 0.368. The van der Waals surface area contributed by atoms with Crippen LogP contribution in [0.2, 0.25) is 0 Å². The van der Waals surface area contributed by atoms with Crippen LogP contribution in [-0.4, -0.2) is 6.29 Å². The highest BCUT2D eigenvalue weighted by molar-refractivity contribution is 5.15. The topological polar surface area (TPSA) is 36.9 Å². The van der Waals surface area contributed by atoms with Gasteiger partial charge in [0.05, 0.1) is 0 Å². The first-order valence-corrected chi connectivity index (χ1v) is 7.63. The molecule has 0 bridgehead atoms. The lowest BCUT2D eigenvalue weighted by molar-refractivity contribution is -0.602. The van der Waals surface area contributed by atoms with Gasteiger partial charge in [0.25, 0.3) is 0 Å². The van der Waals surface area contributed by atoms with Gasteiger partial charge in [0.15, 0.2) is 0 Å². The van der Waals surface area contributed by atoms with E-state index in [0.717, 1.165) is 18.4 Å². The molecule has 4 heteroatoms. The Bertz CT molecular complexity index is 379. The maximum absolute atomic E-state index is 5.43. The Balaban J connectivity index is 1.52. The van der Waals surface area contributed by atoms with Crippen LogP contribution in [0.4, 0.5) is 0 Å². The summed E-state index contributed by atoms with van der Waals surface area (Å²) in [5.41, 5.74) is 0.892. The summed E-state index contributed by atoms with van der Waals surface area (Å²) in [4.78, 5) is 21.6. The van der Waals surface area contributed by atoms with Crippen LogP contribution in [-0.2, 0) is 19.6 Å². The number of hydrogen-bond donors (Lipinski definition) is 0. The Labute approximate surface area is 119 Å². The molecule has 2 aliphatic rings. The highest BCUT2D eigenvalue weighted by atomic mass is 17.4. The fourth-order valence-electron chi connectivity index (χ4n) is 2.88. The highest BCUT2D eigenvalue weighted by Crippen LogP contribution is 2.32. The Kier molecular flexibility index (Phi) is 5.03. The minimum absolute atomic E-state index is 0.368. The first kappa shape index (κ1) is 14.0. The van der Waals surface area contributed by atoms with Crippen molar-refractivity contribution < 1.29 is 19.6 Å². The lowest BCUT2D eigenvalue weighted by atomic mass is 9.91. The molecule has 0 radical (unpaired) electrons. The van der Waals surface area contributed by atoms with Gasteiger partial charge in [-0.1, -0.05) is 62.4 Å². The van der Waals surface area contributed by atoms with Crippen molar-refractivity contribution in [3.05, 3.63) is 35.9 Å². The molecule has 0 aromatic heterocycles. The van der Waals surface area contributed by atoms with Crippen LogP contribution in [0.15, 0.2) is 30.3 Å². The smallest absolute Gasteiger partial charge is 0.198 e. The second-order valence-corrected chi connectivity index (χ2v) is 5.60. The van der Waals surface area contributed by atoms with E-state index in [2.05, 4.69) is 0 Å². The molecule has 0 unspecified atom stereocenters. The molecule has 0 amide bonds. The van der Waals surface area contributed by atoms with E-state index in [1.165, 1.54) is 32.1 Å². The van der Waals surface area contributed by atoms with Crippen molar-refractivity contribution in [3.63, 3.8) is 0 Å². The second kappa shape index (κ2) is 7.18. The van der Waals surface area contributed by atoms with Crippen LogP contribution in [0.25, 0.3) is 0 Å². The summed E-state index contributed by atoms with van der Waals surface area (Å²) in [5, 5.41) is 0. The molecule has 1 aromatic carbocycles. The lowest BCUT2D eigenvalue weighted by Crippen LogP contribution is -2.34. The van der Waals surface area contributed by atoms with E-state index >= 15 is 0 Å². The van der Waals surface area contributed by atoms with E-state index in [-0.39, 0.29) is 0 Å². The van der Waals surface area contributed by atoms with Crippen LogP contribution < -0.4 is 0 Å². The normalized spacial score (nSPS) is 29.6. The van der Waals surface area contributed by atoms with Crippen molar-refractivity contribution in [1.29, 1.82) is 0 Å². The van der Waals surface area contributed by atoms with Crippen LogP contribution in [0.1, 0.15) is 56.8 Å². The number of rotatable bonds is 2. The molecule has 2 fully saturated rings. The van der Waals surface area contributed by atoms with Crippen molar-refractivity contribution >= 4 is 0 Å². The van der Waals surface area contributed by atoms with Crippen molar-refractivity contribution in [2.75, 3.05) is 0 Å². The molecule has 20 heavy (non-hydrogen) atoms. The molecule has 1 aliphatic heterocycles. The van der Waals surface area contributed by atoms with Gasteiger partial charge in [-0.2, -0.15) is 19.6 Å². The summed E-state index contributed by atoms with van der Waals surface area (Å²) < 4.78 is 0. The highest BCUT2D eigenvalue weighted by Gasteiger charge is 2.32. The SMILES string of the molecule is c1ccc(C2OOC(C3CCCCCCC3)OO2)cc1. The summed E-state index contributed by atoms with van der Waals surface area (Å²) in [6, 6.07) is 9.66. The molecule has 1 aromatic rings. The summed E-state index contributed by atoms with van der Waals surface area (Å²) in [7, 11) is 0. The monoisotopic (exact) mass is 278 g/mol. The van der Waals surface area contributed by atoms with Gasteiger partial charge >= 0.3 is 0 Å². The molecule has 1 saturated heterocycles. The largest absolute Gasteiger partial charge is 0.249 e. The first-order valence-electron chi connectivity index (χ1n) is 7.63. The number of hydrogen-bond acceptors (Lipinski definition) is 4. The van der Waals surface area contributed by atoms with E-state index in [1.807, 2.05) is 30.3 Å². The van der Waals surface area contributed by atoms with Crippen LogP contribution in [0, 0.1) is 5.92 Å². The average Bonchev–Trinajstić information content (AvgIpc) is 2.48. The summed E-state index contributed by atoms with van der Waals surface area (Å²) in [6.45, 7) is 0. The first-order chi connectivity index (χ1) is 9.93. The molecular formula is C16H22O4. The fourth-order valence-corrected chi connectivity index (χ4v) is 2.88. The maximum atomic E-state index is 5.43. The lowest BCUT2D eigenvalue weighted by Gasteiger charge is -2.32. The van der Waals surface area contributed by atoms with Gasteiger partial charge in [0.1, 0.15) is 0 Å². The standard InChI is InChI=1S/C16H22O4/c1-2-5-9-13(10-6-3-1)15-17-19-16(20-18-15)14-11-7-4-8-12-14/h4,7-8,11-13,15-16H,1-3,5-6,9-10H2. The van der Waals surface area contributed by atoms with Gasteiger partial charge in [-0.25, -0.2) is 0 Å². The summed E-state index contributed by atoms with van der Waals surface area (Å²) >= 11 is 0. The van der Waals surface area contributed by atoms with Crippen molar-refractivity contribution in [3.8, 4) is 0 Å². The Hall–Kier alpha value is -0.940. The van der Waals surface area contributed by atoms with Gasteiger partial charge in [-0.05, 0) is 12.8 Å². The molecule has 0 atom stereocenters. The van der Waals surface area contributed by atoms with E-state index in [4.69, 9.17) is 19.6 Å². The molecule has 1 heterocycles. The molecule has 0 N–H and O–H groups in total. The van der Waals surface area contributed by atoms with Crippen molar-refractivity contribution in [1.82, 2.24) is 0 Å². The fraction of sp³-hybridized carbons (Fsp3) is 0.625. The minimum atomic E-state index is -0.596. The molecule has 4 nitrogen and oxygen atoms in total. The van der Waals surface area contributed by atoms with E-state index in [0.29, 0.717) is 5.92 Å². The Morgan fingerprint density at radius 1 is 0.700 bits per heavy atom. The zero-order valence-electron chi connectivity index (χ0n) is 11.7. The molecule has 110 valence electrons. The van der Waals surface area contributed by atoms with Gasteiger partial charge in [0, 0.05) is 11.5 Å². The third kappa shape index (κ3) is 3.58. The van der Waals surface area contributed by atoms with Crippen molar-refractivity contribution in [2.45, 2.75) is 57.5 Å². The van der Waals surface area contributed by atoms with Gasteiger partial charge < -0.3 is 0 Å². The third-order valence-electron chi connectivity index (χ3n) is 4.08. The van der Waals surface area contributed by atoms with E-state index in [1.54, 1.807) is 0 Å². The van der Waals surface area contributed by atoms with E-state index < -0.39 is 12.6 Å². The second-order valence-electron chi connectivity index (χ2n) is 5.60. The van der Waals surface area contributed by atoms with Crippen LogP contribution in [0.3, 0.4) is 0 Å². The minimum Gasteiger partial charge on any atom is -0.198 e. The predicted molar refractivity (Wildman–Crippen MR) is 73.1 cm³/mol. The zero-order valence-corrected chi connectivity index (χ0v) is 11.7. The Morgan fingerprint density at radius 2 is 1.30 bits per heavy atom. The Morgan fingerprint density at radius 3 is 1.95 bits per heavy atom. The van der Waals surface area contributed by atoms with Crippen LogP contribution in [0.5, 0.6) is 0 Å². The molecule has 3 rings (SSSR count). The van der Waals surface area contributed by atoms with Crippen LogP contribution >= 0.6 is 0 Å². The van der Waals surface area contributed by atoms with E-state index in [9.17, 15) is 0 Å². The zero-order chi connectivity index (χ0) is 13.6. The molecule has 1 aliphatic carbocycles. The van der Waals surface area contributed by atoms with Gasteiger partial charge in [0.2, 0.25) is 12.6 Å². The van der Waals surface area contributed by atoms with Gasteiger partial charge in [-0.15, -0.1) is 0 Å². The van der Waals surface area contributed by atoms with Gasteiger partial charge in [-0.3, -0.25) is 0 Å². The predicted octanol–water partition coefficient (Wildman–Crippen LogP) is 4.28. The number of benzene rings is 1.